The summed E-state index contributed by atoms with van der Waals surface area (Å²) in [5.74, 6) is 0.850. The Bertz CT molecular complexity index is 333. The summed E-state index contributed by atoms with van der Waals surface area (Å²) in [6.45, 7) is 0. The molecule has 90 valence electrons. The van der Waals surface area contributed by atoms with Gasteiger partial charge in [-0.1, -0.05) is 0 Å². The van der Waals surface area contributed by atoms with Crippen molar-refractivity contribution in [3.05, 3.63) is 29.8 Å². The highest BCUT2D eigenvalue weighted by Gasteiger charge is 2.20. The normalized spacial score (nSPS) is 10.1. The quantitative estimate of drug-likeness (QED) is 0.358. The Balaban J connectivity index is 0.000000385. The van der Waals surface area contributed by atoms with E-state index in [0.29, 0.717) is 5.56 Å². The summed E-state index contributed by atoms with van der Waals surface area (Å²) in [4.78, 5) is 0. The van der Waals surface area contributed by atoms with Crippen LogP contribution in [0.15, 0.2) is 24.3 Å². The maximum atomic E-state index is 9.75. The van der Waals surface area contributed by atoms with Gasteiger partial charge in [-0.05, 0) is 24.3 Å². The van der Waals surface area contributed by atoms with Gasteiger partial charge in [0.25, 0.3) is 0 Å². The van der Waals surface area contributed by atoms with E-state index in [2.05, 4.69) is 0 Å². The summed E-state index contributed by atoms with van der Waals surface area (Å²) in [5, 5.41) is 7.10. The zero-order valence-corrected chi connectivity index (χ0v) is 8.38. The average molecular weight is 237 g/mol. The summed E-state index contributed by atoms with van der Waals surface area (Å²) < 4.78 is 43.9. The van der Waals surface area contributed by atoms with Gasteiger partial charge in [0.05, 0.1) is 7.11 Å². The van der Waals surface area contributed by atoms with Crippen molar-refractivity contribution in [2.45, 2.75) is 0 Å². The number of hydrogen-bond acceptors (Lipinski definition) is 2. The van der Waals surface area contributed by atoms with Crippen LogP contribution >= 0.6 is 0 Å². The Morgan fingerprint density at radius 1 is 1.19 bits per heavy atom. The zero-order chi connectivity index (χ0) is 12.8. The summed E-state index contributed by atoms with van der Waals surface area (Å²) in [5.41, 5.74) is 5.96. The highest BCUT2D eigenvalue weighted by atomic mass is 19.5. The Morgan fingerprint density at radius 3 is 1.81 bits per heavy atom. The molecule has 0 amide bonds. The standard InChI is InChI=1S/C8H10N2O.BF4/c1-11-7-4-2-6(3-5-7)8(9)10;2-1(3,4)5/h2-5H,1H3,(H3,9,10);/q;-1. The van der Waals surface area contributed by atoms with Crippen molar-refractivity contribution >= 4 is 13.1 Å². The van der Waals surface area contributed by atoms with Crippen molar-refractivity contribution in [1.82, 2.24) is 0 Å². The van der Waals surface area contributed by atoms with Crippen molar-refractivity contribution < 1.29 is 22.0 Å². The fraction of sp³-hybridized carbons (Fsp3) is 0.125. The fourth-order valence-electron chi connectivity index (χ4n) is 0.771. The molecule has 16 heavy (non-hydrogen) atoms. The maximum Gasteiger partial charge on any atom is 0.673 e. The van der Waals surface area contributed by atoms with Gasteiger partial charge in [-0.15, -0.1) is 0 Å². The number of rotatable bonds is 2. The number of methoxy groups -OCH3 is 1. The molecule has 1 aromatic carbocycles. The summed E-state index contributed by atoms with van der Waals surface area (Å²) >= 11 is 0. The lowest BCUT2D eigenvalue weighted by atomic mass is 10.2. The molecule has 0 saturated carbocycles. The molecule has 3 N–H and O–H groups in total. The van der Waals surface area contributed by atoms with E-state index < -0.39 is 7.25 Å². The van der Waals surface area contributed by atoms with E-state index in [0.717, 1.165) is 5.75 Å². The Hall–Kier alpha value is -1.73. The molecule has 0 radical (unpaired) electrons. The van der Waals surface area contributed by atoms with E-state index in [4.69, 9.17) is 15.9 Å². The molecule has 0 aliphatic rings. The van der Waals surface area contributed by atoms with E-state index in [9.17, 15) is 17.3 Å². The first-order valence-corrected chi connectivity index (χ1v) is 4.10. The van der Waals surface area contributed by atoms with Crippen LogP contribution in [0.5, 0.6) is 5.75 Å². The smallest absolute Gasteiger partial charge is 0.497 e. The molecule has 0 aliphatic carbocycles. The second kappa shape index (κ2) is 5.99. The molecule has 0 aromatic heterocycles. The molecule has 0 spiro atoms. The topological polar surface area (TPSA) is 59.1 Å². The molecule has 0 bridgehead atoms. The lowest BCUT2D eigenvalue weighted by molar-refractivity contribution is 0.368. The van der Waals surface area contributed by atoms with Crippen LogP contribution in [-0.4, -0.2) is 20.2 Å². The number of nitrogen functional groups attached to an aromatic ring is 1. The third kappa shape index (κ3) is 7.66. The van der Waals surface area contributed by atoms with Gasteiger partial charge in [-0.25, -0.2) is 0 Å². The molecule has 0 aliphatic heterocycles. The number of ether oxygens (including phenoxy) is 1. The molecular weight excluding hydrogens is 227 g/mol. The predicted octanol–water partition coefficient (Wildman–Crippen LogP) is 2.28. The second-order valence-electron chi connectivity index (χ2n) is 2.64. The predicted molar refractivity (Wildman–Crippen MR) is 54.2 cm³/mol. The molecule has 1 aromatic rings. The molecule has 8 heteroatoms. The van der Waals surface area contributed by atoms with E-state index in [1.807, 2.05) is 0 Å². The lowest BCUT2D eigenvalue weighted by Crippen LogP contribution is -2.10. The van der Waals surface area contributed by atoms with E-state index >= 15 is 0 Å². The van der Waals surface area contributed by atoms with Gasteiger partial charge >= 0.3 is 7.25 Å². The largest absolute Gasteiger partial charge is 0.673 e. The molecule has 3 nitrogen and oxygen atoms in total. The summed E-state index contributed by atoms with van der Waals surface area (Å²) in [6.07, 6.45) is 0. The Kier molecular flexibility index (Phi) is 5.34. The minimum Gasteiger partial charge on any atom is -0.497 e. The Labute approximate surface area is 89.8 Å². The molecule has 0 saturated heterocycles. The highest BCUT2D eigenvalue weighted by Crippen LogP contribution is 2.10. The van der Waals surface area contributed by atoms with Crippen LogP contribution < -0.4 is 10.5 Å². The number of benzene rings is 1. The minimum atomic E-state index is -6.00. The van der Waals surface area contributed by atoms with E-state index in [1.165, 1.54) is 0 Å². The van der Waals surface area contributed by atoms with Gasteiger partial charge in [0.1, 0.15) is 11.6 Å². The van der Waals surface area contributed by atoms with Gasteiger partial charge in [0, 0.05) is 5.56 Å². The molecular formula is C8H10BF4N2O-. The average Bonchev–Trinajstić information content (AvgIpc) is 2.15. The van der Waals surface area contributed by atoms with Crippen LogP contribution in [0.4, 0.5) is 17.3 Å². The van der Waals surface area contributed by atoms with Crippen LogP contribution in [0.25, 0.3) is 0 Å². The fourth-order valence-corrected chi connectivity index (χ4v) is 0.771. The van der Waals surface area contributed by atoms with Crippen molar-refractivity contribution in [2.75, 3.05) is 7.11 Å². The van der Waals surface area contributed by atoms with Crippen LogP contribution in [-0.2, 0) is 0 Å². The monoisotopic (exact) mass is 237 g/mol. The number of hydrogen-bond donors (Lipinski definition) is 2. The number of halogens is 4. The molecule has 0 heterocycles. The molecule has 0 unspecified atom stereocenters. The maximum absolute atomic E-state index is 9.75. The molecule has 1 rings (SSSR count). The second-order valence-corrected chi connectivity index (χ2v) is 2.64. The van der Waals surface area contributed by atoms with Crippen LogP contribution in [0.1, 0.15) is 5.56 Å². The summed E-state index contributed by atoms with van der Waals surface area (Å²) in [6, 6.07) is 7.05. The van der Waals surface area contributed by atoms with Crippen molar-refractivity contribution in [2.24, 2.45) is 5.73 Å². The lowest BCUT2D eigenvalue weighted by Gasteiger charge is -2.00. The van der Waals surface area contributed by atoms with Crippen LogP contribution in [0, 0.1) is 5.41 Å². The van der Waals surface area contributed by atoms with Crippen LogP contribution in [0.2, 0.25) is 0 Å². The van der Waals surface area contributed by atoms with Crippen molar-refractivity contribution in [3.63, 3.8) is 0 Å². The third-order valence-corrected chi connectivity index (χ3v) is 1.40. The molecule has 0 fully saturated rings. The van der Waals surface area contributed by atoms with Gasteiger partial charge in [0.2, 0.25) is 0 Å². The van der Waals surface area contributed by atoms with Gasteiger partial charge in [0.15, 0.2) is 0 Å². The SMILES string of the molecule is COc1ccc(C(=N)N)cc1.F[B-](F)(F)F. The van der Waals surface area contributed by atoms with E-state index in [-0.39, 0.29) is 5.84 Å². The third-order valence-electron chi connectivity index (χ3n) is 1.40. The van der Waals surface area contributed by atoms with Gasteiger partial charge in [-0.3, -0.25) is 5.41 Å². The first-order chi connectivity index (χ1) is 7.24. The first-order valence-electron chi connectivity index (χ1n) is 4.10. The molecule has 0 atom stereocenters. The first kappa shape index (κ1) is 14.3. The van der Waals surface area contributed by atoms with E-state index in [1.54, 1.807) is 31.4 Å². The Morgan fingerprint density at radius 2 is 1.56 bits per heavy atom. The van der Waals surface area contributed by atoms with Crippen molar-refractivity contribution in [1.29, 1.82) is 5.41 Å². The van der Waals surface area contributed by atoms with Crippen molar-refractivity contribution in [3.8, 4) is 5.75 Å². The number of amidine groups is 1. The van der Waals surface area contributed by atoms with Gasteiger partial charge < -0.3 is 27.7 Å². The highest BCUT2D eigenvalue weighted by molar-refractivity contribution is 6.50. The number of nitrogens with one attached hydrogen (secondary N) is 1. The number of nitrogens with two attached hydrogens (primary N) is 1. The minimum absolute atomic E-state index is 0.0765. The van der Waals surface area contributed by atoms with Crippen LogP contribution in [0.3, 0.4) is 0 Å². The summed E-state index contributed by atoms with van der Waals surface area (Å²) in [7, 11) is -4.40. The zero-order valence-electron chi connectivity index (χ0n) is 8.38. The van der Waals surface area contributed by atoms with Gasteiger partial charge in [-0.2, -0.15) is 0 Å².